The van der Waals surface area contributed by atoms with Gasteiger partial charge in [-0.15, -0.1) is 0 Å². The third kappa shape index (κ3) is 4.03. The van der Waals surface area contributed by atoms with Crippen LogP contribution in [0.1, 0.15) is 32.4 Å². The van der Waals surface area contributed by atoms with Crippen LogP contribution in [0.4, 0.5) is 8.78 Å². The maximum Gasteiger partial charge on any atom is 0.128 e. The van der Waals surface area contributed by atoms with Crippen LogP contribution in [0.25, 0.3) is 0 Å². The molecule has 1 aromatic rings. The van der Waals surface area contributed by atoms with Crippen LogP contribution in [0.15, 0.2) is 18.2 Å². The van der Waals surface area contributed by atoms with E-state index >= 15 is 0 Å². The van der Waals surface area contributed by atoms with Gasteiger partial charge in [-0.25, -0.2) is 8.78 Å². The van der Waals surface area contributed by atoms with Gasteiger partial charge in [-0.3, -0.25) is 0 Å². The van der Waals surface area contributed by atoms with E-state index in [2.05, 4.69) is 19.2 Å². The average molecular weight is 256 g/mol. The van der Waals surface area contributed by atoms with E-state index in [0.717, 1.165) is 12.1 Å². The fraction of sp³-hybridized carbons (Fsp3) is 0.571. The maximum atomic E-state index is 13.6. The molecule has 0 bridgehead atoms. The van der Waals surface area contributed by atoms with Crippen molar-refractivity contribution in [2.24, 2.45) is 17.6 Å². The van der Waals surface area contributed by atoms with Gasteiger partial charge in [0.1, 0.15) is 11.6 Å². The van der Waals surface area contributed by atoms with Crippen LogP contribution in [-0.4, -0.2) is 13.1 Å². The first kappa shape index (κ1) is 15.1. The standard InChI is InChI=1S/C14H22F2N2/c1-9(2)11(7-17)8-18-10(3)13-6-12(15)4-5-14(13)16/h4-6,9-11,18H,7-8,17H2,1-3H3. The Balaban J connectivity index is 2.65. The van der Waals surface area contributed by atoms with Gasteiger partial charge in [0, 0.05) is 11.6 Å². The van der Waals surface area contributed by atoms with E-state index in [1.807, 2.05) is 6.92 Å². The normalized spacial score (nSPS) is 14.8. The second-order valence-electron chi connectivity index (χ2n) is 5.04. The highest BCUT2D eigenvalue weighted by Crippen LogP contribution is 2.19. The first-order chi connectivity index (χ1) is 8.45. The molecule has 4 heteroatoms. The summed E-state index contributed by atoms with van der Waals surface area (Å²) in [6, 6.07) is 3.29. The zero-order chi connectivity index (χ0) is 13.7. The molecule has 0 aromatic heterocycles. The van der Waals surface area contributed by atoms with Gasteiger partial charge in [0.05, 0.1) is 0 Å². The summed E-state index contributed by atoms with van der Waals surface area (Å²) in [6.07, 6.45) is 0. The Morgan fingerprint density at radius 1 is 1.22 bits per heavy atom. The molecule has 2 atom stereocenters. The molecule has 0 radical (unpaired) electrons. The van der Waals surface area contributed by atoms with Crippen molar-refractivity contribution in [1.82, 2.24) is 5.32 Å². The van der Waals surface area contributed by atoms with Crippen LogP contribution in [0.3, 0.4) is 0 Å². The maximum absolute atomic E-state index is 13.6. The lowest BCUT2D eigenvalue weighted by Crippen LogP contribution is -2.33. The van der Waals surface area contributed by atoms with E-state index in [-0.39, 0.29) is 11.9 Å². The highest BCUT2D eigenvalue weighted by molar-refractivity contribution is 5.21. The van der Waals surface area contributed by atoms with Crippen molar-refractivity contribution in [3.63, 3.8) is 0 Å². The van der Waals surface area contributed by atoms with Gasteiger partial charge < -0.3 is 11.1 Å². The molecule has 0 aliphatic heterocycles. The molecule has 0 saturated heterocycles. The summed E-state index contributed by atoms with van der Waals surface area (Å²) in [7, 11) is 0. The van der Waals surface area contributed by atoms with Crippen molar-refractivity contribution in [1.29, 1.82) is 0 Å². The SMILES string of the molecule is CC(NCC(CN)C(C)C)c1cc(F)ccc1F. The molecule has 0 saturated carbocycles. The highest BCUT2D eigenvalue weighted by Gasteiger charge is 2.15. The number of hydrogen-bond donors (Lipinski definition) is 2. The average Bonchev–Trinajstić information content (AvgIpc) is 2.32. The van der Waals surface area contributed by atoms with Gasteiger partial charge in [-0.05, 0) is 50.0 Å². The molecular formula is C14H22F2N2. The molecule has 18 heavy (non-hydrogen) atoms. The zero-order valence-electron chi connectivity index (χ0n) is 11.2. The number of rotatable bonds is 6. The molecule has 0 heterocycles. The first-order valence-corrected chi connectivity index (χ1v) is 6.34. The van der Waals surface area contributed by atoms with Crippen LogP contribution in [0, 0.1) is 23.5 Å². The largest absolute Gasteiger partial charge is 0.330 e. The van der Waals surface area contributed by atoms with E-state index in [1.165, 1.54) is 6.07 Å². The van der Waals surface area contributed by atoms with E-state index in [0.29, 0.717) is 30.5 Å². The lowest BCUT2D eigenvalue weighted by atomic mass is 9.95. The van der Waals surface area contributed by atoms with Gasteiger partial charge in [0.15, 0.2) is 0 Å². The zero-order valence-corrected chi connectivity index (χ0v) is 11.2. The highest BCUT2D eigenvalue weighted by atomic mass is 19.1. The fourth-order valence-corrected chi connectivity index (χ4v) is 1.88. The predicted molar refractivity (Wildman–Crippen MR) is 70.2 cm³/mol. The monoisotopic (exact) mass is 256 g/mol. The molecule has 0 fully saturated rings. The Hall–Kier alpha value is -1.00. The number of benzene rings is 1. The Morgan fingerprint density at radius 2 is 1.89 bits per heavy atom. The summed E-state index contributed by atoms with van der Waals surface area (Å²) in [4.78, 5) is 0. The Bertz CT molecular complexity index is 380. The minimum atomic E-state index is -0.417. The summed E-state index contributed by atoms with van der Waals surface area (Å²) < 4.78 is 26.6. The predicted octanol–water partition coefficient (Wildman–Crippen LogP) is 2.85. The molecule has 0 aliphatic rings. The molecule has 0 aliphatic carbocycles. The number of hydrogen-bond acceptors (Lipinski definition) is 2. The summed E-state index contributed by atoms with van der Waals surface area (Å²) >= 11 is 0. The van der Waals surface area contributed by atoms with Crippen molar-refractivity contribution in [2.45, 2.75) is 26.8 Å². The van der Waals surface area contributed by atoms with Crippen LogP contribution >= 0.6 is 0 Å². The van der Waals surface area contributed by atoms with Crippen LogP contribution in [-0.2, 0) is 0 Å². The molecular weight excluding hydrogens is 234 g/mol. The minimum Gasteiger partial charge on any atom is -0.330 e. The van der Waals surface area contributed by atoms with Gasteiger partial charge in [-0.2, -0.15) is 0 Å². The van der Waals surface area contributed by atoms with E-state index in [1.54, 1.807) is 0 Å². The van der Waals surface area contributed by atoms with Gasteiger partial charge in [0.2, 0.25) is 0 Å². The van der Waals surface area contributed by atoms with Gasteiger partial charge >= 0.3 is 0 Å². The second-order valence-corrected chi connectivity index (χ2v) is 5.04. The number of halogens is 2. The van der Waals surface area contributed by atoms with Crippen molar-refractivity contribution in [3.05, 3.63) is 35.4 Å². The summed E-state index contributed by atoms with van der Waals surface area (Å²) in [5, 5.41) is 3.21. The van der Waals surface area contributed by atoms with E-state index in [9.17, 15) is 8.78 Å². The topological polar surface area (TPSA) is 38.0 Å². The van der Waals surface area contributed by atoms with Crippen LogP contribution < -0.4 is 11.1 Å². The molecule has 1 rings (SSSR count). The van der Waals surface area contributed by atoms with E-state index in [4.69, 9.17) is 5.73 Å². The number of nitrogens with one attached hydrogen (secondary N) is 1. The molecule has 102 valence electrons. The Labute approximate surface area is 108 Å². The summed E-state index contributed by atoms with van der Waals surface area (Å²) in [5.74, 6) is 0.000608. The smallest absolute Gasteiger partial charge is 0.128 e. The summed E-state index contributed by atoms with van der Waals surface area (Å²) in [6.45, 7) is 7.32. The molecule has 2 unspecified atom stereocenters. The van der Waals surface area contributed by atoms with Gasteiger partial charge in [0.25, 0.3) is 0 Å². The lowest BCUT2D eigenvalue weighted by Gasteiger charge is -2.22. The third-order valence-corrected chi connectivity index (χ3v) is 3.36. The lowest BCUT2D eigenvalue weighted by molar-refractivity contribution is 0.353. The van der Waals surface area contributed by atoms with Crippen molar-refractivity contribution >= 4 is 0 Å². The molecule has 1 aromatic carbocycles. The van der Waals surface area contributed by atoms with Crippen molar-refractivity contribution in [2.75, 3.05) is 13.1 Å². The molecule has 3 N–H and O–H groups in total. The molecule has 0 spiro atoms. The third-order valence-electron chi connectivity index (χ3n) is 3.36. The first-order valence-electron chi connectivity index (χ1n) is 6.34. The van der Waals surface area contributed by atoms with Crippen molar-refractivity contribution in [3.8, 4) is 0 Å². The second kappa shape index (κ2) is 6.81. The summed E-state index contributed by atoms with van der Waals surface area (Å²) in [5.41, 5.74) is 6.03. The minimum absolute atomic E-state index is 0.228. The Kier molecular flexibility index (Phi) is 5.69. The van der Waals surface area contributed by atoms with Gasteiger partial charge in [-0.1, -0.05) is 13.8 Å². The van der Waals surface area contributed by atoms with E-state index < -0.39 is 5.82 Å². The molecule has 0 amide bonds. The number of nitrogens with two attached hydrogens (primary N) is 1. The Morgan fingerprint density at radius 3 is 2.44 bits per heavy atom. The quantitative estimate of drug-likeness (QED) is 0.821. The fourth-order valence-electron chi connectivity index (χ4n) is 1.88. The molecule has 2 nitrogen and oxygen atoms in total. The van der Waals surface area contributed by atoms with Crippen LogP contribution in [0.2, 0.25) is 0 Å². The van der Waals surface area contributed by atoms with Crippen molar-refractivity contribution < 1.29 is 8.78 Å². The van der Waals surface area contributed by atoms with Crippen LogP contribution in [0.5, 0.6) is 0 Å².